The lowest BCUT2D eigenvalue weighted by atomic mass is 9.66. The van der Waals surface area contributed by atoms with Gasteiger partial charge < -0.3 is 10.0 Å². The van der Waals surface area contributed by atoms with E-state index in [9.17, 15) is 14.7 Å². The molecule has 0 atom stereocenters. The van der Waals surface area contributed by atoms with Crippen LogP contribution >= 0.6 is 0 Å². The fourth-order valence-electron chi connectivity index (χ4n) is 3.85. The summed E-state index contributed by atoms with van der Waals surface area (Å²) < 4.78 is 0. The molecule has 2 aliphatic rings. The Morgan fingerprint density at radius 2 is 1.70 bits per heavy atom. The van der Waals surface area contributed by atoms with Crippen LogP contribution in [0, 0.1) is 5.41 Å². The van der Waals surface area contributed by atoms with Crippen molar-refractivity contribution in [2.24, 2.45) is 5.41 Å². The van der Waals surface area contributed by atoms with E-state index in [0.717, 1.165) is 32.4 Å². The van der Waals surface area contributed by atoms with Gasteiger partial charge in [0.2, 0.25) is 5.91 Å². The minimum atomic E-state index is -0.803. The van der Waals surface area contributed by atoms with Gasteiger partial charge in [0.1, 0.15) is 0 Å². The van der Waals surface area contributed by atoms with E-state index in [0.29, 0.717) is 12.8 Å². The van der Waals surface area contributed by atoms with Gasteiger partial charge in [-0.25, -0.2) is 0 Å². The number of hydrogen-bond acceptors (Lipinski definition) is 2. The zero-order valence-corrected chi connectivity index (χ0v) is 13.8. The SMILES string of the molecule is CC1(c2ccccc2)CCN(C(=O)CC2(C(=O)O)CCC2)CC1. The fourth-order valence-corrected chi connectivity index (χ4v) is 3.85. The van der Waals surface area contributed by atoms with Crippen LogP contribution in [0.15, 0.2) is 30.3 Å². The molecule has 1 heterocycles. The minimum Gasteiger partial charge on any atom is -0.481 e. The van der Waals surface area contributed by atoms with Crippen molar-refractivity contribution in [3.63, 3.8) is 0 Å². The molecule has 0 radical (unpaired) electrons. The second-order valence-electron chi connectivity index (χ2n) is 7.42. The van der Waals surface area contributed by atoms with Crippen molar-refractivity contribution in [2.45, 2.75) is 50.9 Å². The standard InChI is InChI=1S/C19H25NO3/c1-18(15-6-3-2-4-7-15)10-12-20(13-11-18)16(21)14-19(17(22)23)8-5-9-19/h2-4,6-7H,5,8-14H2,1H3,(H,22,23). The first-order chi connectivity index (χ1) is 11.0. The van der Waals surface area contributed by atoms with E-state index in [1.165, 1.54) is 5.56 Å². The Kier molecular flexibility index (Phi) is 4.17. The second-order valence-corrected chi connectivity index (χ2v) is 7.42. The molecule has 0 bridgehead atoms. The Morgan fingerprint density at radius 1 is 1.09 bits per heavy atom. The molecule has 1 saturated carbocycles. The van der Waals surface area contributed by atoms with Crippen LogP contribution in [0.5, 0.6) is 0 Å². The van der Waals surface area contributed by atoms with Gasteiger partial charge in [-0.2, -0.15) is 0 Å². The lowest BCUT2D eigenvalue weighted by Gasteiger charge is -2.42. The molecular weight excluding hydrogens is 290 g/mol. The maximum Gasteiger partial charge on any atom is 0.310 e. The van der Waals surface area contributed by atoms with Crippen molar-refractivity contribution in [2.75, 3.05) is 13.1 Å². The molecule has 3 rings (SSSR count). The Bertz CT molecular complexity index is 584. The molecule has 2 fully saturated rings. The number of nitrogens with zero attached hydrogens (tertiary/aromatic N) is 1. The highest BCUT2D eigenvalue weighted by Gasteiger charge is 2.47. The van der Waals surface area contributed by atoms with Crippen molar-refractivity contribution < 1.29 is 14.7 Å². The van der Waals surface area contributed by atoms with E-state index in [4.69, 9.17) is 0 Å². The highest BCUT2D eigenvalue weighted by Crippen LogP contribution is 2.45. The zero-order valence-electron chi connectivity index (χ0n) is 13.8. The van der Waals surface area contributed by atoms with Gasteiger partial charge in [-0.05, 0) is 36.7 Å². The monoisotopic (exact) mass is 315 g/mol. The number of amides is 1. The van der Waals surface area contributed by atoms with Crippen molar-refractivity contribution in [3.05, 3.63) is 35.9 Å². The van der Waals surface area contributed by atoms with Crippen LogP contribution in [0.1, 0.15) is 51.0 Å². The Balaban J connectivity index is 1.61. The van der Waals surface area contributed by atoms with Crippen molar-refractivity contribution in [1.82, 2.24) is 4.90 Å². The van der Waals surface area contributed by atoms with Gasteiger partial charge in [0.05, 0.1) is 5.41 Å². The minimum absolute atomic E-state index is 0.0159. The number of benzene rings is 1. The molecule has 1 amide bonds. The summed E-state index contributed by atoms with van der Waals surface area (Å²) in [6.45, 7) is 3.70. The topological polar surface area (TPSA) is 57.6 Å². The first-order valence-corrected chi connectivity index (χ1v) is 8.52. The lowest BCUT2D eigenvalue weighted by molar-refractivity contribution is -0.159. The zero-order chi connectivity index (χ0) is 16.5. The quantitative estimate of drug-likeness (QED) is 0.928. The highest BCUT2D eigenvalue weighted by atomic mass is 16.4. The van der Waals surface area contributed by atoms with Crippen molar-refractivity contribution in [3.8, 4) is 0 Å². The number of piperidine rings is 1. The first kappa shape index (κ1) is 16.0. The number of likely N-dealkylation sites (tertiary alicyclic amines) is 1. The molecule has 0 unspecified atom stereocenters. The molecule has 1 saturated heterocycles. The van der Waals surface area contributed by atoms with Crippen LogP contribution in [-0.4, -0.2) is 35.0 Å². The summed E-state index contributed by atoms with van der Waals surface area (Å²) in [5.41, 5.74) is 0.657. The van der Waals surface area contributed by atoms with Gasteiger partial charge in [-0.15, -0.1) is 0 Å². The summed E-state index contributed by atoms with van der Waals surface area (Å²) >= 11 is 0. The average molecular weight is 315 g/mol. The smallest absolute Gasteiger partial charge is 0.310 e. The molecule has 1 aliphatic heterocycles. The predicted octanol–water partition coefficient (Wildman–Crippen LogP) is 3.21. The number of carbonyl (C=O) groups is 2. The molecule has 0 spiro atoms. The van der Waals surface area contributed by atoms with Gasteiger partial charge in [0, 0.05) is 19.5 Å². The number of carboxylic acid groups (broad SMARTS) is 1. The van der Waals surface area contributed by atoms with E-state index < -0.39 is 11.4 Å². The number of aliphatic carboxylic acids is 1. The third-order valence-corrected chi connectivity index (χ3v) is 5.94. The molecule has 1 N–H and O–H groups in total. The predicted molar refractivity (Wildman–Crippen MR) is 88.1 cm³/mol. The molecule has 124 valence electrons. The van der Waals surface area contributed by atoms with Crippen LogP contribution in [-0.2, 0) is 15.0 Å². The molecular formula is C19H25NO3. The lowest BCUT2D eigenvalue weighted by Crippen LogP contribution is -2.48. The second kappa shape index (κ2) is 5.99. The van der Waals surface area contributed by atoms with Gasteiger partial charge in [-0.1, -0.05) is 43.7 Å². The molecule has 1 aromatic carbocycles. The van der Waals surface area contributed by atoms with Crippen LogP contribution in [0.3, 0.4) is 0 Å². The molecule has 1 aliphatic carbocycles. The first-order valence-electron chi connectivity index (χ1n) is 8.52. The van der Waals surface area contributed by atoms with Crippen LogP contribution in [0.4, 0.5) is 0 Å². The molecule has 1 aromatic rings. The molecule has 4 heteroatoms. The maximum atomic E-state index is 12.5. The van der Waals surface area contributed by atoms with Gasteiger partial charge in [0.15, 0.2) is 0 Å². The largest absolute Gasteiger partial charge is 0.481 e. The van der Waals surface area contributed by atoms with Gasteiger partial charge in [-0.3, -0.25) is 9.59 Å². The van der Waals surface area contributed by atoms with E-state index in [1.54, 1.807) is 0 Å². The molecule has 4 nitrogen and oxygen atoms in total. The average Bonchev–Trinajstić information content (AvgIpc) is 2.52. The number of rotatable bonds is 4. The van der Waals surface area contributed by atoms with E-state index in [-0.39, 0.29) is 17.7 Å². The van der Waals surface area contributed by atoms with E-state index in [2.05, 4.69) is 31.2 Å². The number of carboxylic acids is 1. The van der Waals surface area contributed by atoms with Gasteiger partial charge in [0.25, 0.3) is 0 Å². The van der Waals surface area contributed by atoms with Crippen molar-refractivity contribution >= 4 is 11.9 Å². The maximum absolute atomic E-state index is 12.5. The third-order valence-electron chi connectivity index (χ3n) is 5.94. The van der Waals surface area contributed by atoms with Gasteiger partial charge >= 0.3 is 5.97 Å². The summed E-state index contributed by atoms with van der Waals surface area (Å²) in [5, 5.41) is 9.39. The summed E-state index contributed by atoms with van der Waals surface area (Å²) in [5.74, 6) is -0.787. The Labute approximate surface area is 137 Å². The van der Waals surface area contributed by atoms with Crippen LogP contribution in [0.2, 0.25) is 0 Å². The normalized spacial score (nSPS) is 22.2. The van der Waals surface area contributed by atoms with E-state index in [1.807, 2.05) is 11.0 Å². The summed E-state index contributed by atoms with van der Waals surface area (Å²) in [7, 11) is 0. The fraction of sp³-hybridized carbons (Fsp3) is 0.579. The Hall–Kier alpha value is -1.84. The number of hydrogen-bond donors (Lipinski definition) is 1. The Morgan fingerprint density at radius 3 is 2.17 bits per heavy atom. The number of carbonyl (C=O) groups excluding carboxylic acids is 1. The van der Waals surface area contributed by atoms with E-state index >= 15 is 0 Å². The molecule has 23 heavy (non-hydrogen) atoms. The highest BCUT2D eigenvalue weighted by molar-refractivity contribution is 5.85. The summed E-state index contributed by atoms with van der Waals surface area (Å²) in [6, 6.07) is 10.5. The summed E-state index contributed by atoms with van der Waals surface area (Å²) in [6.07, 6.45) is 4.25. The van der Waals surface area contributed by atoms with Crippen LogP contribution < -0.4 is 0 Å². The third kappa shape index (κ3) is 2.99. The van der Waals surface area contributed by atoms with Crippen molar-refractivity contribution in [1.29, 1.82) is 0 Å². The van der Waals surface area contributed by atoms with Crippen LogP contribution in [0.25, 0.3) is 0 Å². The molecule has 0 aromatic heterocycles. The summed E-state index contributed by atoms with van der Waals surface area (Å²) in [4.78, 5) is 25.8.